The first-order valence-electron chi connectivity index (χ1n) is 4.38. The molecule has 0 saturated carbocycles. The first-order chi connectivity index (χ1) is 5.75. The van der Waals surface area contributed by atoms with E-state index in [4.69, 9.17) is 0 Å². The smallest absolute Gasteiger partial charge is 0.0479 e. The SMILES string of the molecule is C=C1CCc2ccc(C)nc2C1. The quantitative estimate of drug-likeness (QED) is 0.530. The van der Waals surface area contributed by atoms with E-state index in [0.717, 1.165) is 25.0 Å². The Bertz CT molecular complexity index is 326. The summed E-state index contributed by atoms with van der Waals surface area (Å²) in [6, 6.07) is 4.29. The predicted octanol–water partition coefficient (Wildman–Crippen LogP) is 2.43. The highest BCUT2D eigenvalue weighted by molar-refractivity contribution is 5.30. The zero-order valence-corrected chi connectivity index (χ0v) is 7.43. The van der Waals surface area contributed by atoms with Gasteiger partial charge in [0, 0.05) is 17.8 Å². The van der Waals surface area contributed by atoms with Crippen molar-refractivity contribution < 1.29 is 0 Å². The Morgan fingerprint density at radius 1 is 1.33 bits per heavy atom. The highest BCUT2D eigenvalue weighted by atomic mass is 14.7. The molecule has 0 atom stereocenters. The van der Waals surface area contributed by atoms with E-state index in [9.17, 15) is 0 Å². The molecule has 1 aliphatic carbocycles. The van der Waals surface area contributed by atoms with Crippen molar-refractivity contribution in [3.8, 4) is 0 Å². The van der Waals surface area contributed by atoms with Gasteiger partial charge < -0.3 is 0 Å². The molecule has 1 nitrogen and oxygen atoms in total. The third-order valence-corrected chi connectivity index (χ3v) is 2.37. The second-order valence-corrected chi connectivity index (χ2v) is 3.49. The van der Waals surface area contributed by atoms with Crippen LogP contribution in [0.15, 0.2) is 24.3 Å². The topological polar surface area (TPSA) is 12.9 Å². The molecule has 1 aromatic rings. The van der Waals surface area contributed by atoms with Gasteiger partial charge in [0.15, 0.2) is 0 Å². The van der Waals surface area contributed by atoms with Crippen LogP contribution in [0.2, 0.25) is 0 Å². The lowest BCUT2D eigenvalue weighted by atomic mass is 9.92. The van der Waals surface area contributed by atoms with Crippen molar-refractivity contribution in [1.29, 1.82) is 0 Å². The van der Waals surface area contributed by atoms with Crippen molar-refractivity contribution in [3.63, 3.8) is 0 Å². The Morgan fingerprint density at radius 3 is 3.00 bits per heavy atom. The van der Waals surface area contributed by atoms with Crippen molar-refractivity contribution >= 4 is 0 Å². The molecule has 1 aliphatic rings. The molecule has 0 bridgehead atoms. The molecule has 0 spiro atoms. The number of aromatic nitrogens is 1. The van der Waals surface area contributed by atoms with Gasteiger partial charge in [-0.3, -0.25) is 4.98 Å². The summed E-state index contributed by atoms with van der Waals surface area (Å²) in [5.74, 6) is 0. The van der Waals surface area contributed by atoms with Crippen LogP contribution in [0.4, 0.5) is 0 Å². The number of fused-ring (bicyclic) bond motifs is 1. The molecule has 0 aliphatic heterocycles. The number of hydrogen-bond acceptors (Lipinski definition) is 1. The molecule has 62 valence electrons. The maximum absolute atomic E-state index is 4.50. The number of aryl methyl sites for hydroxylation is 2. The van der Waals surface area contributed by atoms with Gasteiger partial charge in [-0.2, -0.15) is 0 Å². The lowest BCUT2D eigenvalue weighted by molar-refractivity contribution is 0.806. The standard InChI is InChI=1S/C11H13N/c1-8-3-5-10-6-4-9(2)12-11(10)7-8/h4,6H,1,3,5,7H2,2H3. The summed E-state index contributed by atoms with van der Waals surface area (Å²) < 4.78 is 0. The van der Waals surface area contributed by atoms with E-state index in [1.807, 2.05) is 6.92 Å². The maximum Gasteiger partial charge on any atom is 0.0479 e. The van der Waals surface area contributed by atoms with Crippen LogP contribution in [-0.4, -0.2) is 4.98 Å². The minimum absolute atomic E-state index is 0.983. The van der Waals surface area contributed by atoms with Gasteiger partial charge in [-0.1, -0.05) is 18.2 Å². The number of allylic oxidation sites excluding steroid dienone is 1. The van der Waals surface area contributed by atoms with Crippen molar-refractivity contribution in [1.82, 2.24) is 4.98 Å². The summed E-state index contributed by atoms with van der Waals surface area (Å²) >= 11 is 0. The van der Waals surface area contributed by atoms with E-state index in [-0.39, 0.29) is 0 Å². The van der Waals surface area contributed by atoms with E-state index < -0.39 is 0 Å². The molecule has 0 N–H and O–H groups in total. The fourth-order valence-electron chi connectivity index (χ4n) is 1.66. The third-order valence-electron chi connectivity index (χ3n) is 2.37. The van der Waals surface area contributed by atoms with E-state index in [1.54, 1.807) is 0 Å². The number of pyridine rings is 1. The predicted molar refractivity (Wildman–Crippen MR) is 50.1 cm³/mol. The average molecular weight is 159 g/mol. The number of hydrogen-bond donors (Lipinski definition) is 0. The maximum atomic E-state index is 4.50. The molecule has 0 fully saturated rings. The van der Waals surface area contributed by atoms with Crippen LogP contribution in [0, 0.1) is 6.92 Å². The monoisotopic (exact) mass is 159 g/mol. The van der Waals surface area contributed by atoms with Gasteiger partial charge in [0.25, 0.3) is 0 Å². The molecule has 0 aromatic carbocycles. The van der Waals surface area contributed by atoms with E-state index in [0.29, 0.717) is 0 Å². The summed E-state index contributed by atoms with van der Waals surface area (Å²) in [5, 5.41) is 0. The van der Waals surface area contributed by atoms with Gasteiger partial charge in [-0.25, -0.2) is 0 Å². The van der Waals surface area contributed by atoms with Crippen molar-refractivity contribution in [2.75, 3.05) is 0 Å². The van der Waals surface area contributed by atoms with Gasteiger partial charge >= 0.3 is 0 Å². The van der Waals surface area contributed by atoms with Crippen LogP contribution < -0.4 is 0 Å². The molecule has 12 heavy (non-hydrogen) atoms. The Balaban J connectivity index is 2.44. The van der Waals surface area contributed by atoms with Crippen LogP contribution >= 0.6 is 0 Å². The highest BCUT2D eigenvalue weighted by Crippen LogP contribution is 2.22. The molecular weight excluding hydrogens is 146 g/mol. The molecule has 0 unspecified atom stereocenters. The second kappa shape index (κ2) is 2.74. The largest absolute Gasteiger partial charge is 0.258 e. The molecule has 1 heteroatoms. The zero-order chi connectivity index (χ0) is 8.55. The Hall–Kier alpha value is -1.11. The van der Waals surface area contributed by atoms with Crippen LogP contribution in [0.5, 0.6) is 0 Å². The molecule has 1 aromatic heterocycles. The summed E-state index contributed by atoms with van der Waals surface area (Å²) in [6.07, 6.45) is 3.25. The van der Waals surface area contributed by atoms with Crippen LogP contribution in [-0.2, 0) is 12.8 Å². The molecule has 2 rings (SSSR count). The number of nitrogens with zero attached hydrogens (tertiary/aromatic N) is 1. The van der Waals surface area contributed by atoms with Gasteiger partial charge in [0.2, 0.25) is 0 Å². The van der Waals surface area contributed by atoms with E-state index in [2.05, 4.69) is 23.7 Å². The Labute approximate surface area is 73.1 Å². The summed E-state index contributed by atoms with van der Waals surface area (Å²) in [5.41, 5.74) is 5.09. The van der Waals surface area contributed by atoms with Gasteiger partial charge in [-0.05, 0) is 31.4 Å². The van der Waals surface area contributed by atoms with E-state index in [1.165, 1.54) is 16.8 Å². The molecule has 0 radical (unpaired) electrons. The molecular formula is C11H13N. The zero-order valence-electron chi connectivity index (χ0n) is 7.43. The molecule has 0 amide bonds. The van der Waals surface area contributed by atoms with Gasteiger partial charge in [0.05, 0.1) is 0 Å². The average Bonchev–Trinajstić information content (AvgIpc) is 2.03. The number of rotatable bonds is 0. The second-order valence-electron chi connectivity index (χ2n) is 3.49. The lowest BCUT2D eigenvalue weighted by Crippen LogP contribution is -2.07. The first kappa shape index (κ1) is 7.53. The Morgan fingerprint density at radius 2 is 2.17 bits per heavy atom. The fourth-order valence-corrected chi connectivity index (χ4v) is 1.66. The summed E-state index contributed by atoms with van der Waals surface area (Å²) in [4.78, 5) is 4.50. The van der Waals surface area contributed by atoms with Crippen LogP contribution in [0.25, 0.3) is 0 Å². The summed E-state index contributed by atoms with van der Waals surface area (Å²) in [6.45, 7) is 6.04. The van der Waals surface area contributed by atoms with E-state index >= 15 is 0 Å². The minimum atomic E-state index is 0.983. The van der Waals surface area contributed by atoms with Crippen molar-refractivity contribution in [2.24, 2.45) is 0 Å². The minimum Gasteiger partial charge on any atom is -0.258 e. The Kier molecular flexibility index (Phi) is 1.72. The molecule has 1 heterocycles. The first-order valence-corrected chi connectivity index (χ1v) is 4.38. The highest BCUT2D eigenvalue weighted by Gasteiger charge is 2.12. The van der Waals surface area contributed by atoms with Crippen molar-refractivity contribution in [2.45, 2.75) is 26.2 Å². The third kappa shape index (κ3) is 1.27. The van der Waals surface area contributed by atoms with Crippen LogP contribution in [0.1, 0.15) is 23.4 Å². The lowest BCUT2D eigenvalue weighted by Gasteiger charge is -2.16. The molecule has 0 saturated heterocycles. The van der Waals surface area contributed by atoms with Gasteiger partial charge in [0.1, 0.15) is 0 Å². The van der Waals surface area contributed by atoms with Crippen LogP contribution in [0.3, 0.4) is 0 Å². The fraction of sp³-hybridized carbons (Fsp3) is 0.364. The summed E-state index contributed by atoms with van der Waals surface area (Å²) in [7, 11) is 0. The van der Waals surface area contributed by atoms with Crippen molar-refractivity contribution in [3.05, 3.63) is 41.2 Å². The normalized spacial score (nSPS) is 15.9. The van der Waals surface area contributed by atoms with Gasteiger partial charge in [-0.15, -0.1) is 0 Å².